The first-order valence-electron chi connectivity index (χ1n) is 7.03. The predicted octanol–water partition coefficient (Wildman–Crippen LogP) is 2.54. The Balaban J connectivity index is 1.87. The Kier molecular flexibility index (Phi) is 5.26. The molecule has 4 atom stereocenters. The molecule has 1 saturated carbocycles. The monoisotopic (exact) mass is 314 g/mol. The lowest BCUT2D eigenvalue weighted by molar-refractivity contribution is -0.121. The van der Waals surface area contributed by atoms with Gasteiger partial charge in [-0.3, -0.25) is 4.79 Å². The van der Waals surface area contributed by atoms with E-state index < -0.39 is 0 Å². The number of nitrogen functional groups attached to an aromatic ring is 1. The Bertz CT molecular complexity index is 465. The van der Waals surface area contributed by atoms with Gasteiger partial charge in [0.25, 0.3) is 0 Å². The molecule has 1 aromatic heterocycles. The fourth-order valence-corrected chi connectivity index (χ4v) is 4.35. The van der Waals surface area contributed by atoms with E-state index in [0.29, 0.717) is 23.0 Å². The number of carbonyl (C=O) groups excluding carboxylic acids is 1. The highest BCUT2D eigenvalue weighted by Gasteiger charge is 2.29. The van der Waals surface area contributed by atoms with Crippen LogP contribution in [0.3, 0.4) is 0 Å². The normalized spacial score (nSPS) is 28.1. The van der Waals surface area contributed by atoms with Crippen molar-refractivity contribution in [3.8, 4) is 0 Å². The second kappa shape index (κ2) is 6.76. The number of hydrogen-bond donors (Lipinski definition) is 2. The molecule has 0 radical (unpaired) electrons. The Morgan fingerprint density at radius 2 is 2.20 bits per heavy atom. The van der Waals surface area contributed by atoms with E-state index >= 15 is 0 Å². The van der Waals surface area contributed by atoms with Gasteiger partial charge in [0.15, 0.2) is 4.34 Å². The van der Waals surface area contributed by atoms with Crippen LogP contribution in [0, 0.1) is 11.8 Å². The first-order chi connectivity index (χ1) is 9.47. The largest absolute Gasteiger partial charge is 0.374 e. The molecule has 0 saturated heterocycles. The maximum absolute atomic E-state index is 12.3. The lowest BCUT2D eigenvalue weighted by Crippen LogP contribution is -2.46. The van der Waals surface area contributed by atoms with Gasteiger partial charge in [0.1, 0.15) is 0 Å². The minimum absolute atomic E-state index is 0.0784. The fraction of sp³-hybridized carbons (Fsp3) is 0.769. The number of hydrogen-bond acceptors (Lipinski definition) is 6. The Hall–Kier alpha value is -0.820. The van der Waals surface area contributed by atoms with Gasteiger partial charge in [0.2, 0.25) is 11.0 Å². The summed E-state index contributed by atoms with van der Waals surface area (Å²) < 4.78 is 0.746. The maximum Gasteiger partial charge on any atom is 0.233 e. The number of anilines is 1. The second-order valence-corrected chi connectivity index (χ2v) is 8.15. The minimum Gasteiger partial charge on any atom is -0.374 e. The molecule has 1 aliphatic rings. The van der Waals surface area contributed by atoms with Gasteiger partial charge >= 0.3 is 0 Å². The van der Waals surface area contributed by atoms with Gasteiger partial charge < -0.3 is 11.1 Å². The summed E-state index contributed by atoms with van der Waals surface area (Å²) in [6, 6.07) is 0.300. The second-order valence-electron chi connectivity index (χ2n) is 5.55. The van der Waals surface area contributed by atoms with Crippen LogP contribution in [-0.2, 0) is 4.79 Å². The summed E-state index contributed by atoms with van der Waals surface area (Å²) in [6.45, 7) is 6.40. The highest BCUT2D eigenvalue weighted by Crippen LogP contribution is 2.31. The number of rotatable bonds is 4. The zero-order valence-electron chi connectivity index (χ0n) is 12.1. The topological polar surface area (TPSA) is 80.9 Å². The van der Waals surface area contributed by atoms with Gasteiger partial charge in [-0.2, -0.15) is 0 Å². The first kappa shape index (κ1) is 15.6. The molecule has 1 aliphatic carbocycles. The molecule has 0 aromatic carbocycles. The lowest BCUT2D eigenvalue weighted by atomic mass is 9.78. The molecule has 0 bridgehead atoms. The number of carbonyl (C=O) groups is 1. The Morgan fingerprint density at radius 3 is 2.85 bits per heavy atom. The predicted molar refractivity (Wildman–Crippen MR) is 83.8 cm³/mol. The third-order valence-electron chi connectivity index (χ3n) is 4.10. The SMILES string of the molecule is C[C@@H]1[C@@H](C)CCC[C@H]1NC(=O)[C@@H](C)Sc1nnc(N)s1. The third kappa shape index (κ3) is 3.85. The Morgan fingerprint density at radius 1 is 1.45 bits per heavy atom. The van der Waals surface area contributed by atoms with Crippen LogP contribution in [0.5, 0.6) is 0 Å². The molecule has 3 N–H and O–H groups in total. The summed E-state index contributed by atoms with van der Waals surface area (Å²) in [5.74, 6) is 1.30. The van der Waals surface area contributed by atoms with Crippen molar-refractivity contribution in [2.24, 2.45) is 11.8 Å². The molecule has 0 spiro atoms. The van der Waals surface area contributed by atoms with Crippen molar-refractivity contribution >= 4 is 34.1 Å². The molecular weight excluding hydrogens is 292 g/mol. The molecule has 0 aliphatic heterocycles. The standard InChI is InChI=1S/C13H22N4OS2/c1-7-5-4-6-10(8(7)2)15-11(18)9(3)19-13-17-16-12(14)20-13/h7-10H,4-6H2,1-3H3,(H2,14,16)(H,15,18)/t7-,8+,9+,10+/m0/s1. The third-order valence-corrected chi connectivity index (χ3v) is 6.04. The first-order valence-corrected chi connectivity index (χ1v) is 8.73. The number of amides is 1. The number of aromatic nitrogens is 2. The zero-order chi connectivity index (χ0) is 14.7. The van der Waals surface area contributed by atoms with E-state index in [-0.39, 0.29) is 11.2 Å². The van der Waals surface area contributed by atoms with Crippen LogP contribution in [-0.4, -0.2) is 27.4 Å². The van der Waals surface area contributed by atoms with Crippen LogP contribution in [0.25, 0.3) is 0 Å². The molecule has 7 heteroatoms. The van der Waals surface area contributed by atoms with Gasteiger partial charge in [-0.25, -0.2) is 0 Å². The van der Waals surface area contributed by atoms with Crippen LogP contribution < -0.4 is 11.1 Å². The number of nitrogens with zero attached hydrogens (tertiary/aromatic N) is 2. The van der Waals surface area contributed by atoms with Crippen LogP contribution in [0.1, 0.15) is 40.0 Å². The molecule has 1 aromatic rings. The van der Waals surface area contributed by atoms with E-state index in [0.717, 1.165) is 10.8 Å². The molecule has 20 heavy (non-hydrogen) atoms. The van der Waals surface area contributed by atoms with Crippen molar-refractivity contribution in [1.29, 1.82) is 0 Å². The van der Waals surface area contributed by atoms with Crippen molar-refractivity contribution in [3.05, 3.63) is 0 Å². The van der Waals surface area contributed by atoms with E-state index in [9.17, 15) is 4.79 Å². The molecule has 5 nitrogen and oxygen atoms in total. The molecule has 112 valence electrons. The van der Waals surface area contributed by atoms with Crippen molar-refractivity contribution in [2.45, 2.75) is 55.7 Å². The smallest absolute Gasteiger partial charge is 0.233 e. The average Bonchev–Trinajstić information content (AvgIpc) is 2.80. The minimum atomic E-state index is -0.174. The Labute approximate surface area is 128 Å². The molecule has 1 heterocycles. The summed E-state index contributed by atoms with van der Waals surface area (Å²) in [4.78, 5) is 12.3. The quantitative estimate of drug-likeness (QED) is 0.835. The van der Waals surface area contributed by atoms with E-state index in [1.54, 1.807) is 0 Å². The fourth-order valence-electron chi connectivity index (χ4n) is 2.56. The molecule has 1 fully saturated rings. The van der Waals surface area contributed by atoms with Gasteiger partial charge in [-0.1, -0.05) is 49.8 Å². The average molecular weight is 314 g/mol. The van der Waals surface area contributed by atoms with Crippen molar-refractivity contribution in [3.63, 3.8) is 0 Å². The highest BCUT2D eigenvalue weighted by atomic mass is 32.2. The summed E-state index contributed by atoms with van der Waals surface area (Å²) >= 11 is 2.73. The summed E-state index contributed by atoms with van der Waals surface area (Å²) in [6.07, 6.45) is 3.55. The molecular formula is C13H22N4OS2. The number of thioether (sulfide) groups is 1. The number of nitrogens with one attached hydrogen (secondary N) is 1. The number of nitrogens with two attached hydrogens (primary N) is 1. The summed E-state index contributed by atoms with van der Waals surface area (Å²) in [7, 11) is 0. The molecule has 1 amide bonds. The van der Waals surface area contributed by atoms with E-state index in [4.69, 9.17) is 5.73 Å². The lowest BCUT2D eigenvalue weighted by Gasteiger charge is -2.35. The molecule has 2 rings (SSSR count). The zero-order valence-corrected chi connectivity index (χ0v) is 13.8. The van der Waals surface area contributed by atoms with E-state index in [1.807, 2.05) is 6.92 Å². The van der Waals surface area contributed by atoms with Crippen LogP contribution in [0.15, 0.2) is 4.34 Å². The van der Waals surface area contributed by atoms with Crippen molar-refractivity contribution in [1.82, 2.24) is 15.5 Å². The molecule has 0 unspecified atom stereocenters. The van der Waals surface area contributed by atoms with Crippen molar-refractivity contribution in [2.75, 3.05) is 5.73 Å². The van der Waals surface area contributed by atoms with E-state index in [1.165, 1.54) is 35.9 Å². The van der Waals surface area contributed by atoms with Gasteiger partial charge in [-0.05, 0) is 25.2 Å². The summed E-state index contributed by atoms with van der Waals surface area (Å²) in [5.41, 5.74) is 5.54. The van der Waals surface area contributed by atoms with Crippen LogP contribution in [0.4, 0.5) is 5.13 Å². The van der Waals surface area contributed by atoms with Crippen LogP contribution in [0.2, 0.25) is 0 Å². The van der Waals surface area contributed by atoms with Crippen LogP contribution >= 0.6 is 23.1 Å². The summed E-state index contributed by atoms with van der Waals surface area (Å²) in [5, 5.41) is 11.2. The van der Waals surface area contributed by atoms with Gasteiger partial charge in [0.05, 0.1) is 5.25 Å². The van der Waals surface area contributed by atoms with Gasteiger partial charge in [0, 0.05) is 6.04 Å². The van der Waals surface area contributed by atoms with Gasteiger partial charge in [-0.15, -0.1) is 10.2 Å². The highest BCUT2D eigenvalue weighted by molar-refractivity contribution is 8.02. The van der Waals surface area contributed by atoms with Crippen molar-refractivity contribution < 1.29 is 4.79 Å². The maximum atomic E-state index is 12.3. The van der Waals surface area contributed by atoms with E-state index in [2.05, 4.69) is 29.4 Å².